The van der Waals surface area contributed by atoms with Crippen LogP contribution >= 0.6 is 11.6 Å². The predicted octanol–water partition coefficient (Wildman–Crippen LogP) is 4.25. The summed E-state index contributed by atoms with van der Waals surface area (Å²) in [7, 11) is -4.44. The third-order valence-electron chi connectivity index (χ3n) is 6.18. The molecule has 0 bridgehead atoms. The minimum atomic E-state index is -4.44. The maximum absolute atomic E-state index is 14.2. The summed E-state index contributed by atoms with van der Waals surface area (Å²) in [6.45, 7) is 0. The fourth-order valence-corrected chi connectivity index (χ4v) is 5.93. The van der Waals surface area contributed by atoms with Crippen molar-refractivity contribution >= 4 is 39.2 Å². The van der Waals surface area contributed by atoms with Gasteiger partial charge in [-0.15, -0.1) is 0 Å². The zero-order chi connectivity index (χ0) is 27.2. The van der Waals surface area contributed by atoms with E-state index < -0.39 is 32.5 Å². The highest BCUT2D eigenvalue weighted by Crippen LogP contribution is 2.40. The maximum Gasteiger partial charge on any atom is 0.264 e. The number of carbonyl (C=O) groups is 1. The summed E-state index contributed by atoms with van der Waals surface area (Å²) in [4.78, 5) is 19.8. The molecule has 0 spiro atoms. The molecule has 0 fully saturated rings. The number of fused-ring (bicyclic) bond motifs is 3. The molecule has 5 rings (SSSR count). The van der Waals surface area contributed by atoms with Crippen molar-refractivity contribution in [3.63, 3.8) is 0 Å². The molecule has 5 N–H and O–H groups in total. The molecule has 1 aliphatic rings. The molecular formula is C26H20ClF2N5O3S. The number of nitrogens with one attached hydrogen (secondary N) is 1. The van der Waals surface area contributed by atoms with Crippen LogP contribution in [0.25, 0.3) is 11.1 Å². The number of nitrogens with two attached hydrogens (primary N) is 2. The second-order valence-corrected chi connectivity index (χ2v) is 10.8. The van der Waals surface area contributed by atoms with Crippen LogP contribution in [-0.2, 0) is 29.3 Å². The molecule has 0 unspecified atom stereocenters. The normalized spacial score (nSPS) is 12.5. The molecule has 0 saturated carbocycles. The lowest BCUT2D eigenvalue weighted by Gasteiger charge is -2.23. The van der Waals surface area contributed by atoms with Gasteiger partial charge in [0.2, 0.25) is 11.9 Å². The Kier molecular flexibility index (Phi) is 6.49. The van der Waals surface area contributed by atoms with Crippen molar-refractivity contribution in [2.45, 2.75) is 24.2 Å². The first-order valence-corrected chi connectivity index (χ1v) is 13.2. The number of rotatable bonds is 6. The van der Waals surface area contributed by atoms with Gasteiger partial charge in [-0.2, -0.15) is 0 Å². The lowest BCUT2D eigenvalue weighted by Crippen LogP contribution is -2.17. The number of carbonyl (C=O) groups excluding carboxylic acids is 1. The van der Waals surface area contributed by atoms with Crippen molar-refractivity contribution in [3.05, 3.63) is 99.3 Å². The lowest BCUT2D eigenvalue weighted by atomic mass is 9.86. The Morgan fingerprint density at radius 1 is 1.05 bits per heavy atom. The number of aromatic nitrogens is 2. The molecule has 1 aromatic heterocycles. The average Bonchev–Trinajstić information content (AvgIpc) is 2.84. The molecule has 1 aliphatic carbocycles. The summed E-state index contributed by atoms with van der Waals surface area (Å²) in [5.74, 6) is -2.63. The zero-order valence-corrected chi connectivity index (χ0v) is 21.2. The van der Waals surface area contributed by atoms with E-state index in [0.717, 1.165) is 23.3 Å². The van der Waals surface area contributed by atoms with Gasteiger partial charge >= 0.3 is 0 Å². The van der Waals surface area contributed by atoms with Gasteiger partial charge in [0.15, 0.2) is 0 Å². The molecule has 38 heavy (non-hydrogen) atoms. The highest BCUT2D eigenvalue weighted by Gasteiger charge is 2.26. The first kappa shape index (κ1) is 25.6. The molecule has 0 radical (unpaired) electrons. The SMILES string of the molecule is NC(=O)c1cccc(Cc2nc(N)nc3c2-c2cc(NS(=O)(=O)c4ccc(F)cc4F)c(Cl)cc2CC3)c1. The van der Waals surface area contributed by atoms with E-state index in [1.807, 2.05) is 6.07 Å². The van der Waals surface area contributed by atoms with E-state index in [0.29, 0.717) is 53.4 Å². The number of halogens is 3. The maximum atomic E-state index is 14.2. The minimum Gasteiger partial charge on any atom is -0.368 e. The van der Waals surface area contributed by atoms with Crippen LogP contribution < -0.4 is 16.2 Å². The Morgan fingerprint density at radius 3 is 2.58 bits per heavy atom. The van der Waals surface area contributed by atoms with Gasteiger partial charge in [0, 0.05) is 23.6 Å². The van der Waals surface area contributed by atoms with E-state index in [9.17, 15) is 22.0 Å². The number of aryl methyl sites for hydroxylation is 2. The summed E-state index contributed by atoms with van der Waals surface area (Å²) < 4.78 is 55.7. The molecule has 0 atom stereocenters. The van der Waals surface area contributed by atoms with Crippen LogP contribution in [0, 0.1) is 11.6 Å². The topological polar surface area (TPSA) is 141 Å². The van der Waals surface area contributed by atoms with Crippen molar-refractivity contribution in [1.29, 1.82) is 0 Å². The summed E-state index contributed by atoms with van der Waals surface area (Å²) >= 11 is 6.41. The van der Waals surface area contributed by atoms with E-state index in [-0.39, 0.29) is 16.7 Å². The number of primary amides is 1. The van der Waals surface area contributed by atoms with Gasteiger partial charge < -0.3 is 11.5 Å². The lowest BCUT2D eigenvalue weighted by molar-refractivity contribution is 0.1000. The van der Waals surface area contributed by atoms with Crippen LogP contribution in [-0.4, -0.2) is 24.3 Å². The molecular weight excluding hydrogens is 536 g/mol. The molecule has 12 heteroatoms. The van der Waals surface area contributed by atoms with E-state index in [1.165, 1.54) is 6.07 Å². The summed E-state index contributed by atoms with van der Waals surface area (Å²) in [5.41, 5.74) is 15.9. The van der Waals surface area contributed by atoms with E-state index in [2.05, 4.69) is 14.7 Å². The van der Waals surface area contributed by atoms with Crippen LogP contribution in [0.3, 0.4) is 0 Å². The molecule has 4 aromatic rings. The predicted molar refractivity (Wildman–Crippen MR) is 139 cm³/mol. The van der Waals surface area contributed by atoms with E-state index in [4.69, 9.17) is 23.1 Å². The summed E-state index contributed by atoms with van der Waals surface area (Å²) in [5, 5.41) is 0.102. The van der Waals surface area contributed by atoms with E-state index in [1.54, 1.807) is 24.3 Å². The van der Waals surface area contributed by atoms with Gasteiger partial charge in [-0.3, -0.25) is 9.52 Å². The smallest absolute Gasteiger partial charge is 0.264 e. The molecule has 0 saturated heterocycles. The van der Waals surface area contributed by atoms with Crippen molar-refractivity contribution in [2.24, 2.45) is 5.73 Å². The number of nitrogens with zero attached hydrogens (tertiary/aromatic N) is 2. The second kappa shape index (κ2) is 9.66. The highest BCUT2D eigenvalue weighted by atomic mass is 35.5. The van der Waals surface area contributed by atoms with Crippen LogP contribution in [0.5, 0.6) is 0 Å². The number of amides is 1. The second-order valence-electron chi connectivity index (χ2n) is 8.76. The van der Waals surface area contributed by atoms with Crippen LogP contribution in [0.4, 0.5) is 20.4 Å². The fourth-order valence-electron chi connectivity index (χ4n) is 4.51. The number of hydrogen-bond acceptors (Lipinski definition) is 6. The molecule has 1 heterocycles. The van der Waals surface area contributed by atoms with Crippen molar-refractivity contribution < 1.29 is 22.0 Å². The van der Waals surface area contributed by atoms with Gasteiger partial charge in [0.1, 0.15) is 16.5 Å². The quantitative estimate of drug-likeness (QED) is 0.325. The number of hydrogen-bond donors (Lipinski definition) is 3. The number of sulfonamides is 1. The Morgan fingerprint density at radius 2 is 1.84 bits per heavy atom. The fraction of sp³-hybridized carbons (Fsp3) is 0.115. The van der Waals surface area contributed by atoms with Gasteiger partial charge in [-0.25, -0.2) is 27.2 Å². The number of benzene rings is 3. The van der Waals surface area contributed by atoms with E-state index >= 15 is 0 Å². The van der Waals surface area contributed by atoms with Gasteiger partial charge in [0.05, 0.1) is 22.1 Å². The van der Waals surface area contributed by atoms with Gasteiger partial charge in [-0.05, 0) is 65.9 Å². The third kappa shape index (κ3) is 4.90. The van der Waals surface area contributed by atoms with Crippen LogP contribution in [0.15, 0.2) is 59.5 Å². The van der Waals surface area contributed by atoms with Crippen molar-refractivity contribution in [2.75, 3.05) is 10.5 Å². The third-order valence-corrected chi connectivity index (χ3v) is 7.89. The Balaban J connectivity index is 1.59. The van der Waals surface area contributed by atoms with Crippen LogP contribution in [0.2, 0.25) is 5.02 Å². The molecule has 3 aromatic carbocycles. The molecule has 194 valence electrons. The highest BCUT2D eigenvalue weighted by molar-refractivity contribution is 7.92. The van der Waals surface area contributed by atoms with Crippen LogP contribution in [0.1, 0.15) is 32.9 Å². The molecule has 8 nitrogen and oxygen atoms in total. The summed E-state index contributed by atoms with van der Waals surface area (Å²) in [6.07, 6.45) is 1.40. The number of nitrogen functional groups attached to an aromatic ring is 1. The first-order valence-electron chi connectivity index (χ1n) is 11.4. The summed E-state index contributed by atoms with van der Waals surface area (Å²) in [6, 6.07) is 12.1. The molecule has 0 aliphatic heterocycles. The van der Waals surface area contributed by atoms with Gasteiger partial charge in [0.25, 0.3) is 10.0 Å². The number of anilines is 2. The molecule has 1 amide bonds. The standard InChI is InChI=1S/C26H20ClF2N5O3S/c27-18-10-14-4-6-20-24(22(33-26(31)32-20)9-13-2-1-3-15(8-13)25(30)35)17(14)12-21(18)34-38(36,37)23-7-5-16(28)11-19(23)29/h1-3,5,7-8,10-12,34H,4,6,9H2,(H2,30,35)(H2,31,32,33). The Hall–Kier alpha value is -4.09. The zero-order valence-electron chi connectivity index (χ0n) is 19.6. The van der Waals surface area contributed by atoms with Crippen molar-refractivity contribution in [3.8, 4) is 11.1 Å². The van der Waals surface area contributed by atoms with Crippen molar-refractivity contribution in [1.82, 2.24) is 9.97 Å². The average molecular weight is 556 g/mol. The van der Waals surface area contributed by atoms with Gasteiger partial charge in [-0.1, -0.05) is 23.7 Å². The first-order chi connectivity index (χ1) is 18.0. The monoisotopic (exact) mass is 555 g/mol. The Bertz CT molecular complexity index is 1730. The largest absolute Gasteiger partial charge is 0.368 e. The minimum absolute atomic E-state index is 0.000456. The Labute approximate surface area is 221 Å².